The summed E-state index contributed by atoms with van der Waals surface area (Å²) in [6.07, 6.45) is 0.211. The maximum absolute atomic E-state index is 10.3. The van der Waals surface area contributed by atoms with E-state index in [-0.39, 0.29) is 6.54 Å². The summed E-state index contributed by atoms with van der Waals surface area (Å²) in [7, 11) is 3.28. The Bertz CT molecular complexity index is 700. The van der Waals surface area contributed by atoms with Crippen molar-refractivity contribution in [2.24, 2.45) is 4.99 Å². The molecule has 0 radical (unpaired) electrons. The average molecular weight is 371 g/mol. The van der Waals surface area contributed by atoms with Crippen LogP contribution in [-0.4, -0.2) is 44.9 Å². The van der Waals surface area contributed by atoms with E-state index in [1.807, 2.05) is 43.3 Å². The molecule has 27 heavy (non-hydrogen) atoms. The van der Waals surface area contributed by atoms with Gasteiger partial charge >= 0.3 is 0 Å². The summed E-state index contributed by atoms with van der Waals surface area (Å²) in [5.41, 5.74) is 2.03. The van der Waals surface area contributed by atoms with Crippen molar-refractivity contribution < 1.29 is 14.6 Å². The van der Waals surface area contributed by atoms with Crippen LogP contribution < -0.4 is 20.1 Å². The predicted molar refractivity (Wildman–Crippen MR) is 109 cm³/mol. The van der Waals surface area contributed by atoms with E-state index in [1.54, 1.807) is 14.2 Å². The minimum atomic E-state index is -0.659. The number of hydrogen-bond donors (Lipinski definition) is 3. The lowest BCUT2D eigenvalue weighted by atomic mass is 10.1. The number of methoxy groups -OCH3 is 2. The summed E-state index contributed by atoms with van der Waals surface area (Å²) in [6.45, 7) is 3.80. The molecule has 1 atom stereocenters. The smallest absolute Gasteiger partial charge is 0.191 e. The quantitative estimate of drug-likeness (QED) is 0.467. The Morgan fingerprint density at radius 1 is 0.963 bits per heavy atom. The largest absolute Gasteiger partial charge is 0.497 e. The van der Waals surface area contributed by atoms with E-state index in [1.165, 1.54) is 5.56 Å². The van der Waals surface area contributed by atoms with Gasteiger partial charge in [-0.1, -0.05) is 24.3 Å². The van der Waals surface area contributed by atoms with E-state index >= 15 is 0 Å². The zero-order valence-corrected chi connectivity index (χ0v) is 16.2. The lowest BCUT2D eigenvalue weighted by Gasteiger charge is -2.14. The normalized spacial score (nSPS) is 12.4. The molecule has 6 heteroatoms. The van der Waals surface area contributed by atoms with Crippen LogP contribution in [0.2, 0.25) is 0 Å². The molecule has 2 aromatic carbocycles. The molecule has 146 valence electrons. The fraction of sp³-hybridized carbons (Fsp3) is 0.381. The number of guanidine groups is 1. The third-order valence-corrected chi connectivity index (χ3v) is 4.13. The molecule has 0 aliphatic rings. The van der Waals surface area contributed by atoms with Crippen molar-refractivity contribution in [2.75, 3.05) is 33.9 Å². The van der Waals surface area contributed by atoms with Crippen molar-refractivity contribution in [1.29, 1.82) is 0 Å². The van der Waals surface area contributed by atoms with Crippen LogP contribution in [0.4, 0.5) is 0 Å². The van der Waals surface area contributed by atoms with Crippen LogP contribution in [-0.2, 0) is 6.42 Å². The van der Waals surface area contributed by atoms with E-state index < -0.39 is 6.10 Å². The van der Waals surface area contributed by atoms with Crippen LogP contribution in [0.15, 0.2) is 53.5 Å². The summed E-state index contributed by atoms with van der Waals surface area (Å²) in [4.78, 5) is 4.48. The van der Waals surface area contributed by atoms with E-state index in [0.717, 1.165) is 36.6 Å². The molecule has 0 aliphatic heterocycles. The SMILES string of the molecule is CCNC(=NCC(O)c1ccc(OC)cc1)NCCc1ccc(OC)cc1. The van der Waals surface area contributed by atoms with Gasteiger partial charge in [0.1, 0.15) is 11.5 Å². The summed E-state index contributed by atoms with van der Waals surface area (Å²) in [6, 6.07) is 15.4. The number of aliphatic imine (C=N–C) groups is 1. The molecule has 0 aliphatic carbocycles. The Morgan fingerprint density at radius 3 is 2.11 bits per heavy atom. The average Bonchev–Trinajstić information content (AvgIpc) is 2.72. The van der Waals surface area contributed by atoms with Crippen LogP contribution >= 0.6 is 0 Å². The second kappa shape index (κ2) is 11.1. The highest BCUT2D eigenvalue weighted by Crippen LogP contribution is 2.17. The maximum atomic E-state index is 10.3. The van der Waals surface area contributed by atoms with Gasteiger partial charge in [0.05, 0.1) is 26.9 Å². The number of ether oxygens (including phenoxy) is 2. The highest BCUT2D eigenvalue weighted by Gasteiger charge is 2.08. The first kappa shape index (κ1) is 20.6. The van der Waals surface area contributed by atoms with E-state index in [0.29, 0.717) is 5.96 Å². The van der Waals surface area contributed by atoms with E-state index in [9.17, 15) is 5.11 Å². The Labute approximate surface area is 161 Å². The lowest BCUT2D eigenvalue weighted by Crippen LogP contribution is -2.38. The highest BCUT2D eigenvalue weighted by atomic mass is 16.5. The van der Waals surface area contributed by atoms with Crippen molar-refractivity contribution in [1.82, 2.24) is 10.6 Å². The van der Waals surface area contributed by atoms with Gasteiger partial charge in [-0.15, -0.1) is 0 Å². The van der Waals surface area contributed by atoms with Crippen LogP contribution in [0.25, 0.3) is 0 Å². The topological polar surface area (TPSA) is 75.1 Å². The zero-order valence-electron chi connectivity index (χ0n) is 16.2. The molecular formula is C21H29N3O3. The van der Waals surface area contributed by atoms with Gasteiger partial charge in [-0.25, -0.2) is 0 Å². The number of nitrogens with one attached hydrogen (secondary N) is 2. The monoisotopic (exact) mass is 371 g/mol. The van der Waals surface area contributed by atoms with Crippen LogP contribution in [0.5, 0.6) is 11.5 Å². The molecule has 0 spiro atoms. The van der Waals surface area contributed by atoms with Crippen molar-refractivity contribution in [3.05, 3.63) is 59.7 Å². The van der Waals surface area contributed by atoms with Gasteiger partial charge in [-0.3, -0.25) is 4.99 Å². The minimum absolute atomic E-state index is 0.282. The summed E-state index contributed by atoms with van der Waals surface area (Å²) >= 11 is 0. The number of aliphatic hydroxyl groups is 1. The van der Waals surface area contributed by atoms with Gasteiger partial charge in [-0.2, -0.15) is 0 Å². The van der Waals surface area contributed by atoms with E-state index in [4.69, 9.17) is 9.47 Å². The van der Waals surface area contributed by atoms with Gasteiger partial charge < -0.3 is 25.2 Å². The number of nitrogens with zero attached hydrogens (tertiary/aromatic N) is 1. The van der Waals surface area contributed by atoms with Crippen molar-refractivity contribution >= 4 is 5.96 Å². The van der Waals surface area contributed by atoms with Gasteiger partial charge in [0, 0.05) is 13.1 Å². The number of benzene rings is 2. The second-order valence-electron chi connectivity index (χ2n) is 6.03. The molecular weight excluding hydrogens is 342 g/mol. The summed E-state index contributed by atoms with van der Waals surface area (Å²) in [5, 5.41) is 16.8. The van der Waals surface area contributed by atoms with Crippen molar-refractivity contribution in [2.45, 2.75) is 19.4 Å². The molecule has 0 heterocycles. The number of rotatable bonds is 9. The molecule has 0 aromatic heterocycles. The van der Waals surface area contributed by atoms with Gasteiger partial charge in [-0.05, 0) is 48.7 Å². The maximum Gasteiger partial charge on any atom is 0.191 e. The Kier molecular flexibility index (Phi) is 8.45. The number of hydrogen-bond acceptors (Lipinski definition) is 4. The fourth-order valence-corrected chi connectivity index (χ4v) is 2.57. The minimum Gasteiger partial charge on any atom is -0.497 e. The van der Waals surface area contributed by atoms with Crippen LogP contribution in [0, 0.1) is 0 Å². The molecule has 0 saturated carbocycles. The molecule has 0 saturated heterocycles. The summed E-state index contributed by atoms with van der Waals surface area (Å²) < 4.78 is 10.3. The molecule has 2 aromatic rings. The van der Waals surface area contributed by atoms with Crippen molar-refractivity contribution in [3.63, 3.8) is 0 Å². The second-order valence-corrected chi connectivity index (χ2v) is 6.03. The third kappa shape index (κ3) is 6.83. The summed E-state index contributed by atoms with van der Waals surface area (Å²) in [5.74, 6) is 2.32. The van der Waals surface area contributed by atoms with Gasteiger partial charge in [0.2, 0.25) is 0 Å². The van der Waals surface area contributed by atoms with Crippen LogP contribution in [0.1, 0.15) is 24.2 Å². The first-order chi connectivity index (χ1) is 13.2. The van der Waals surface area contributed by atoms with Gasteiger partial charge in [0.25, 0.3) is 0 Å². The Morgan fingerprint density at radius 2 is 1.56 bits per heavy atom. The zero-order chi connectivity index (χ0) is 19.5. The molecule has 0 fully saturated rings. The Hall–Kier alpha value is -2.73. The first-order valence-electron chi connectivity index (χ1n) is 9.13. The highest BCUT2D eigenvalue weighted by molar-refractivity contribution is 5.79. The third-order valence-electron chi connectivity index (χ3n) is 4.13. The molecule has 1 unspecified atom stereocenters. The van der Waals surface area contributed by atoms with Crippen molar-refractivity contribution in [3.8, 4) is 11.5 Å². The first-order valence-corrected chi connectivity index (χ1v) is 9.13. The molecule has 2 rings (SSSR count). The standard InChI is InChI=1S/C21H29N3O3/c1-4-22-21(23-14-13-16-5-9-18(26-2)10-6-16)24-15-20(25)17-7-11-19(27-3)12-8-17/h5-12,20,25H,4,13-15H2,1-3H3,(H2,22,23,24). The Balaban J connectivity index is 1.86. The molecule has 0 amide bonds. The van der Waals surface area contributed by atoms with E-state index in [2.05, 4.69) is 27.8 Å². The van der Waals surface area contributed by atoms with Gasteiger partial charge in [0.15, 0.2) is 5.96 Å². The molecule has 0 bridgehead atoms. The fourth-order valence-electron chi connectivity index (χ4n) is 2.57. The van der Waals surface area contributed by atoms with Crippen LogP contribution in [0.3, 0.4) is 0 Å². The number of aliphatic hydroxyl groups excluding tert-OH is 1. The molecule has 6 nitrogen and oxygen atoms in total. The molecule has 3 N–H and O–H groups in total. The predicted octanol–water partition coefficient (Wildman–Crippen LogP) is 2.54. The lowest BCUT2D eigenvalue weighted by molar-refractivity contribution is 0.187.